The molecule has 0 aromatic rings. The lowest BCUT2D eigenvalue weighted by Gasteiger charge is -2.25. The number of nitrogens with one attached hydrogen (secondary N) is 3. The van der Waals surface area contributed by atoms with E-state index < -0.39 is 0 Å². The van der Waals surface area contributed by atoms with Crippen molar-refractivity contribution >= 4 is 0 Å². The third-order valence-corrected chi connectivity index (χ3v) is 5.46. The number of piperidine rings is 1. The van der Waals surface area contributed by atoms with Crippen molar-refractivity contribution in [1.29, 1.82) is 0 Å². The Morgan fingerprint density at radius 2 is 1.17 bits per heavy atom. The Bertz CT molecular complexity index is 302. The van der Waals surface area contributed by atoms with Crippen LogP contribution in [0.1, 0.15) is 59.8 Å². The molecule has 0 spiro atoms. The smallest absolute Gasteiger partial charge is 0.0700 e. The fourth-order valence-corrected chi connectivity index (χ4v) is 3.76. The first-order chi connectivity index (χ1) is 13.3. The first-order valence-corrected chi connectivity index (χ1v) is 11.3. The average Bonchev–Trinajstić information content (AvgIpc) is 3.41. The molecule has 3 heterocycles. The molecule has 1 unspecified atom stereocenters. The van der Waals surface area contributed by atoms with Gasteiger partial charge in [0, 0.05) is 39.3 Å². The summed E-state index contributed by atoms with van der Waals surface area (Å²) in [7, 11) is 5.99. The molecule has 0 bridgehead atoms. The largest absolute Gasteiger partial charge is 0.377 e. The van der Waals surface area contributed by atoms with Crippen LogP contribution in [0.4, 0.5) is 0 Å². The highest BCUT2D eigenvalue weighted by Gasteiger charge is 2.13. The maximum absolute atomic E-state index is 5.33. The number of rotatable bonds is 8. The van der Waals surface area contributed by atoms with Crippen LogP contribution >= 0.6 is 0 Å². The lowest BCUT2D eigenvalue weighted by atomic mass is 10.1. The third-order valence-electron chi connectivity index (χ3n) is 5.46. The van der Waals surface area contributed by atoms with E-state index in [0.29, 0.717) is 6.10 Å². The summed E-state index contributed by atoms with van der Waals surface area (Å²) in [6.45, 7) is 12.0. The Morgan fingerprint density at radius 3 is 1.55 bits per heavy atom. The van der Waals surface area contributed by atoms with Gasteiger partial charge in [-0.1, -0.05) is 21.3 Å². The van der Waals surface area contributed by atoms with E-state index in [2.05, 4.69) is 25.8 Å². The lowest BCUT2D eigenvalue weighted by Crippen LogP contribution is -2.34. The van der Waals surface area contributed by atoms with Gasteiger partial charge in [0.2, 0.25) is 0 Å². The van der Waals surface area contributed by atoms with Crippen LogP contribution in [0, 0.1) is 0 Å². The van der Waals surface area contributed by atoms with Crippen LogP contribution in [0.25, 0.3) is 0 Å². The first kappa shape index (κ1) is 30.9. The molecule has 0 saturated carbocycles. The number of likely N-dealkylation sites (tertiary alicyclic amines) is 2. The molecule has 178 valence electrons. The monoisotopic (exact) mass is 417 g/mol. The molecule has 3 rings (SSSR count). The Labute approximate surface area is 183 Å². The molecule has 3 aliphatic rings. The van der Waals surface area contributed by atoms with Gasteiger partial charge in [0.25, 0.3) is 0 Å². The fourth-order valence-electron chi connectivity index (χ4n) is 3.76. The maximum atomic E-state index is 5.33. The normalized spacial score (nSPS) is 21.8. The van der Waals surface area contributed by atoms with Crippen LogP contribution in [0.15, 0.2) is 0 Å². The van der Waals surface area contributed by atoms with E-state index in [9.17, 15) is 0 Å². The van der Waals surface area contributed by atoms with Gasteiger partial charge >= 0.3 is 0 Å². The zero-order valence-electron chi connectivity index (χ0n) is 18.4. The summed E-state index contributed by atoms with van der Waals surface area (Å²) < 4.78 is 5.33. The van der Waals surface area contributed by atoms with Crippen molar-refractivity contribution in [3.63, 3.8) is 0 Å². The predicted molar refractivity (Wildman–Crippen MR) is 130 cm³/mol. The van der Waals surface area contributed by atoms with Crippen LogP contribution in [0.2, 0.25) is 0 Å². The van der Waals surface area contributed by atoms with Gasteiger partial charge in [-0.25, -0.2) is 0 Å². The van der Waals surface area contributed by atoms with E-state index in [1.54, 1.807) is 0 Å². The van der Waals surface area contributed by atoms with Crippen molar-refractivity contribution in [2.24, 2.45) is 0 Å². The lowest BCUT2D eigenvalue weighted by molar-refractivity contribution is 0.112. The van der Waals surface area contributed by atoms with Gasteiger partial charge in [0.05, 0.1) is 6.10 Å². The molecule has 6 heteroatoms. The van der Waals surface area contributed by atoms with Gasteiger partial charge in [-0.3, -0.25) is 0 Å². The quantitative estimate of drug-likeness (QED) is 0.564. The minimum absolute atomic E-state index is 0. The summed E-state index contributed by atoms with van der Waals surface area (Å²) in [6, 6.07) is 0. The summed E-state index contributed by atoms with van der Waals surface area (Å²) in [5, 5.41) is 9.41. The molecule has 0 amide bonds. The molecular formula is C23H55N5O. The Balaban J connectivity index is 0. The van der Waals surface area contributed by atoms with Gasteiger partial charge in [0.1, 0.15) is 0 Å². The van der Waals surface area contributed by atoms with Gasteiger partial charge < -0.3 is 30.5 Å². The molecule has 0 aromatic heterocycles. The Kier molecular flexibility index (Phi) is 24.0. The van der Waals surface area contributed by atoms with E-state index in [4.69, 9.17) is 4.74 Å². The van der Waals surface area contributed by atoms with Crippen LogP contribution in [-0.2, 0) is 4.74 Å². The molecular weight excluding hydrogens is 362 g/mol. The number of nitrogens with zero attached hydrogens (tertiary/aromatic N) is 2. The second-order valence-corrected chi connectivity index (χ2v) is 7.85. The topological polar surface area (TPSA) is 51.8 Å². The number of ether oxygens (including phenoxy) is 1. The minimum Gasteiger partial charge on any atom is -0.377 e. The predicted octanol–water partition coefficient (Wildman–Crippen LogP) is 2.65. The minimum atomic E-state index is 0. The summed E-state index contributed by atoms with van der Waals surface area (Å²) in [5.74, 6) is 0. The average molecular weight is 418 g/mol. The molecule has 0 aliphatic carbocycles. The molecule has 3 aliphatic heterocycles. The van der Waals surface area contributed by atoms with Crippen molar-refractivity contribution in [1.82, 2.24) is 25.8 Å². The second kappa shape index (κ2) is 22.4. The van der Waals surface area contributed by atoms with Crippen LogP contribution in [0.5, 0.6) is 0 Å². The summed E-state index contributed by atoms with van der Waals surface area (Å²) in [4.78, 5) is 5.05. The van der Waals surface area contributed by atoms with Gasteiger partial charge in [-0.2, -0.15) is 0 Å². The molecule has 1 atom stereocenters. The van der Waals surface area contributed by atoms with E-state index >= 15 is 0 Å². The standard InChI is InChI=1S/C8H18N2.C7H16N2.C6H13NO.2CH4/c1-9-5-8-10-6-3-2-4-7-10;1-8-4-7-9-5-2-3-6-9;1-7-5-6-3-2-4-8-6;;/h9H,2-8H2,1H3;8H,2-7H2,1H3;6-7H,2-5H2,1H3;2*1H4. The van der Waals surface area contributed by atoms with E-state index in [-0.39, 0.29) is 14.9 Å². The molecule has 29 heavy (non-hydrogen) atoms. The Hall–Kier alpha value is -0.240. The van der Waals surface area contributed by atoms with Crippen molar-refractivity contribution in [2.75, 3.05) is 86.7 Å². The van der Waals surface area contributed by atoms with Crippen molar-refractivity contribution in [3.8, 4) is 0 Å². The van der Waals surface area contributed by atoms with E-state index in [0.717, 1.165) is 26.2 Å². The Morgan fingerprint density at radius 1 is 0.690 bits per heavy atom. The zero-order chi connectivity index (χ0) is 19.6. The summed E-state index contributed by atoms with van der Waals surface area (Å²) in [5.41, 5.74) is 0. The highest BCUT2D eigenvalue weighted by Crippen LogP contribution is 2.10. The molecule has 0 radical (unpaired) electrons. The van der Waals surface area contributed by atoms with Gasteiger partial charge in [-0.05, 0) is 85.8 Å². The molecule has 3 N–H and O–H groups in total. The second-order valence-electron chi connectivity index (χ2n) is 7.85. The maximum Gasteiger partial charge on any atom is 0.0700 e. The zero-order valence-corrected chi connectivity index (χ0v) is 18.4. The fraction of sp³-hybridized carbons (Fsp3) is 1.00. The summed E-state index contributed by atoms with van der Waals surface area (Å²) in [6.07, 6.45) is 10.0. The van der Waals surface area contributed by atoms with Crippen LogP contribution in [0.3, 0.4) is 0 Å². The van der Waals surface area contributed by atoms with Crippen molar-refractivity contribution < 1.29 is 4.74 Å². The van der Waals surface area contributed by atoms with Crippen LogP contribution < -0.4 is 16.0 Å². The first-order valence-electron chi connectivity index (χ1n) is 11.3. The number of likely N-dealkylation sites (N-methyl/N-ethyl adjacent to an activating group) is 3. The molecule has 0 aromatic carbocycles. The van der Waals surface area contributed by atoms with Crippen molar-refractivity contribution in [2.45, 2.75) is 65.9 Å². The number of hydrogen-bond donors (Lipinski definition) is 3. The molecule has 3 fully saturated rings. The van der Waals surface area contributed by atoms with Gasteiger partial charge in [-0.15, -0.1) is 0 Å². The summed E-state index contributed by atoms with van der Waals surface area (Å²) >= 11 is 0. The molecule has 3 saturated heterocycles. The highest BCUT2D eigenvalue weighted by molar-refractivity contribution is 4.66. The SMILES string of the molecule is C.C.CNCC1CCCO1.CNCCN1CCCC1.CNCCN1CCCCC1. The third kappa shape index (κ3) is 17.2. The van der Waals surface area contributed by atoms with E-state index in [1.807, 2.05) is 21.1 Å². The van der Waals surface area contributed by atoms with Crippen LogP contribution in [-0.4, -0.2) is 103 Å². The molecule has 6 nitrogen and oxygen atoms in total. The highest BCUT2D eigenvalue weighted by atomic mass is 16.5. The van der Waals surface area contributed by atoms with E-state index in [1.165, 1.54) is 84.2 Å². The van der Waals surface area contributed by atoms with Gasteiger partial charge in [0.15, 0.2) is 0 Å². The number of hydrogen-bond acceptors (Lipinski definition) is 6. The van der Waals surface area contributed by atoms with Crippen molar-refractivity contribution in [3.05, 3.63) is 0 Å².